The average Bonchev–Trinajstić information content (AvgIpc) is 0.746. The first-order valence-corrected chi connectivity index (χ1v) is 39.6. The van der Waals surface area contributed by atoms with Gasteiger partial charge in [-0.25, -0.2) is 0 Å². The molecule has 0 spiro atoms. The summed E-state index contributed by atoms with van der Waals surface area (Å²) < 4.78 is 0. The van der Waals surface area contributed by atoms with Gasteiger partial charge in [-0.2, -0.15) is 0 Å². The topological polar surface area (TPSA) is 6.48 Å². The lowest BCUT2D eigenvalue weighted by Gasteiger charge is -2.28. The van der Waals surface area contributed by atoms with Gasteiger partial charge in [0, 0.05) is 34.1 Å². The molecule has 2 nitrogen and oxygen atoms in total. The fraction of sp³-hybridized carbons (Fsp3) is 0.0450. The van der Waals surface area contributed by atoms with Crippen molar-refractivity contribution in [1.29, 1.82) is 0 Å². The molecule has 0 heterocycles. The van der Waals surface area contributed by atoms with Gasteiger partial charge in [-0.3, -0.25) is 0 Å². The molecule has 0 aliphatic heterocycles. The molecule has 1 unspecified atom stereocenters. The highest BCUT2D eigenvalue weighted by molar-refractivity contribution is 6.18. The van der Waals surface area contributed by atoms with Gasteiger partial charge in [-0.05, 0) is 309 Å². The molecule has 113 heavy (non-hydrogen) atoms. The highest BCUT2D eigenvalue weighted by Gasteiger charge is 2.25. The fourth-order valence-corrected chi connectivity index (χ4v) is 18.8. The third kappa shape index (κ3) is 11.7. The van der Waals surface area contributed by atoms with Crippen LogP contribution in [0.3, 0.4) is 0 Å². The molecule has 0 radical (unpaired) electrons. The highest BCUT2D eigenvalue weighted by atomic mass is 15.1. The Morgan fingerprint density at radius 3 is 1.00 bits per heavy atom. The van der Waals surface area contributed by atoms with Crippen LogP contribution in [0.1, 0.15) is 30.0 Å². The second-order valence-corrected chi connectivity index (χ2v) is 30.8. The van der Waals surface area contributed by atoms with E-state index in [1.165, 1.54) is 163 Å². The van der Waals surface area contributed by atoms with Crippen LogP contribution in [0.25, 0.3) is 165 Å². The molecule has 0 bridgehead atoms. The van der Waals surface area contributed by atoms with Crippen LogP contribution < -0.4 is 20.2 Å². The Morgan fingerprint density at radius 1 is 0.221 bits per heavy atom. The summed E-state index contributed by atoms with van der Waals surface area (Å²) in [5.74, 6) is 0.360. The molecule has 0 amide bonds. The minimum absolute atomic E-state index is 0.360. The molecular weight excluding hydrogens is 1360 g/mol. The molecule has 0 aromatic heterocycles. The van der Waals surface area contributed by atoms with Crippen LogP contribution in [-0.2, 0) is 0 Å². The number of anilines is 6. The predicted octanol–water partition coefficient (Wildman–Crippen LogP) is 29.5. The summed E-state index contributed by atoms with van der Waals surface area (Å²) in [5.41, 5.74) is 25.9. The molecule has 2 heteroatoms. The molecule has 1 aliphatic carbocycles. The molecule has 1 aliphatic rings. The van der Waals surface area contributed by atoms with Gasteiger partial charge in [0.2, 0.25) is 0 Å². The van der Waals surface area contributed by atoms with Crippen molar-refractivity contribution >= 4 is 132 Å². The second-order valence-electron chi connectivity index (χ2n) is 30.8. The number of aryl methyl sites for hydroxylation is 2. The summed E-state index contributed by atoms with van der Waals surface area (Å²) in [7, 11) is 0. The van der Waals surface area contributed by atoms with Crippen molar-refractivity contribution in [2.45, 2.75) is 27.2 Å². The third-order valence-electron chi connectivity index (χ3n) is 23.9. The normalized spacial score (nSPS) is 12.8. The van der Waals surface area contributed by atoms with Crippen molar-refractivity contribution in [2.75, 3.05) is 9.80 Å². The maximum atomic E-state index is 2.48. The Bertz CT molecular complexity index is 7150. The van der Waals surface area contributed by atoms with Gasteiger partial charge >= 0.3 is 0 Å². The maximum absolute atomic E-state index is 2.48. The van der Waals surface area contributed by atoms with E-state index in [0.717, 1.165) is 62.8 Å². The molecule has 21 rings (SSSR count). The van der Waals surface area contributed by atoms with Gasteiger partial charge in [0.25, 0.3) is 0 Å². The van der Waals surface area contributed by atoms with E-state index in [4.69, 9.17) is 0 Å². The summed E-state index contributed by atoms with van der Waals surface area (Å²) in [4.78, 5) is 4.97. The SMILES string of the molecule is Cc1ccc2ccccc2c1-c1cccc(N(c2cccc(C3=c4ccccc4=CCC3C)c2)c2cccc(-c3c(C)cc(-c4ccc5cc6ccccc6c(-c6cccc(N(c7cccc(-c8c9ccccc9cc9ccccc89)c7)c7cccc(-c8c9ccccc9cc9ccccc89)c7)c6)c5c4)c4ccccc34)c2)c1. The van der Waals surface area contributed by atoms with Gasteiger partial charge < -0.3 is 9.80 Å². The summed E-state index contributed by atoms with van der Waals surface area (Å²) >= 11 is 0. The monoisotopic (exact) mass is 1440 g/mol. The Labute approximate surface area is 658 Å². The van der Waals surface area contributed by atoms with E-state index in [0.29, 0.717) is 5.92 Å². The molecule has 1 atom stereocenters. The third-order valence-corrected chi connectivity index (χ3v) is 23.9. The van der Waals surface area contributed by atoms with Crippen molar-refractivity contribution < 1.29 is 0 Å². The zero-order valence-electron chi connectivity index (χ0n) is 63.3. The van der Waals surface area contributed by atoms with Crippen LogP contribution in [0.5, 0.6) is 0 Å². The minimum atomic E-state index is 0.360. The van der Waals surface area contributed by atoms with Crippen molar-refractivity contribution in [1.82, 2.24) is 0 Å². The van der Waals surface area contributed by atoms with Crippen LogP contribution in [0.2, 0.25) is 0 Å². The van der Waals surface area contributed by atoms with Crippen LogP contribution in [0.4, 0.5) is 34.1 Å². The predicted molar refractivity (Wildman–Crippen MR) is 484 cm³/mol. The largest absolute Gasteiger partial charge is 0.310 e. The van der Waals surface area contributed by atoms with Crippen LogP contribution >= 0.6 is 0 Å². The first kappa shape index (κ1) is 67.0. The van der Waals surface area contributed by atoms with Crippen LogP contribution in [0, 0.1) is 19.8 Å². The smallest absolute Gasteiger partial charge is 0.0467 e. The lowest BCUT2D eigenvalue weighted by molar-refractivity contribution is 0.774. The summed E-state index contributed by atoms with van der Waals surface area (Å²) in [6, 6.07) is 148. The van der Waals surface area contributed by atoms with E-state index in [-0.39, 0.29) is 0 Å². The van der Waals surface area contributed by atoms with E-state index in [1.807, 2.05) is 0 Å². The van der Waals surface area contributed by atoms with Crippen molar-refractivity contribution in [3.05, 3.63) is 421 Å². The summed E-state index contributed by atoms with van der Waals surface area (Å²) in [6.45, 7) is 6.93. The Morgan fingerprint density at radius 2 is 0.549 bits per heavy atom. The molecule has 20 aromatic carbocycles. The van der Waals surface area contributed by atoms with E-state index >= 15 is 0 Å². The van der Waals surface area contributed by atoms with E-state index in [1.54, 1.807) is 0 Å². The van der Waals surface area contributed by atoms with Crippen LogP contribution in [-0.4, -0.2) is 0 Å². The summed E-state index contributed by atoms with van der Waals surface area (Å²) in [5, 5.41) is 22.1. The van der Waals surface area contributed by atoms with Crippen LogP contribution in [0.15, 0.2) is 394 Å². The number of hydrogen-bond donors (Lipinski definition) is 0. The van der Waals surface area contributed by atoms with Crippen molar-refractivity contribution in [3.63, 3.8) is 0 Å². The second kappa shape index (κ2) is 27.7. The van der Waals surface area contributed by atoms with Gasteiger partial charge in [0.05, 0.1) is 0 Å². The molecule has 0 saturated carbocycles. The van der Waals surface area contributed by atoms with E-state index < -0.39 is 0 Å². The molecule has 0 fully saturated rings. The van der Waals surface area contributed by atoms with Gasteiger partial charge in [0.1, 0.15) is 0 Å². The molecule has 0 saturated heterocycles. The first-order valence-electron chi connectivity index (χ1n) is 39.6. The standard InChI is InChI=1S/C111H78N2/c1-71-54-56-74-26-4-11-45-95(74)106(71)83-33-20-39-89(64-83)112(90-40-21-34-84(65-90)107-72(2)55-57-75-27-5-12-46-96(75)107)91-41-22-35-85(66-91)108-73(3)60-104(102-52-18-19-53-103(102)108)82-59-58-81-63-80-32-10-17-51-101(80)111(105(81)70-82)88-38-25-44-94(69-88)113(92-42-23-36-86(67-92)109-97-47-13-6-28-76(97)61-77-29-7-14-48-98(77)109)93-43-24-37-87(68-93)110-99-49-15-8-30-78(99)62-79-31-9-16-50-100(79)110/h4-54,56-70,72H,55H2,1-3H3. The first-order chi connectivity index (χ1) is 55.8. The number of benzene rings is 20. The zero-order chi connectivity index (χ0) is 75.2. The lowest BCUT2D eigenvalue weighted by Crippen LogP contribution is -2.32. The maximum Gasteiger partial charge on any atom is 0.0467 e. The molecule has 0 N–H and O–H groups in total. The lowest BCUT2D eigenvalue weighted by atomic mass is 9.85. The minimum Gasteiger partial charge on any atom is -0.310 e. The zero-order valence-corrected chi connectivity index (χ0v) is 63.3. The van der Waals surface area contributed by atoms with Gasteiger partial charge in [0.15, 0.2) is 0 Å². The Kier molecular flexibility index (Phi) is 16.4. The van der Waals surface area contributed by atoms with E-state index in [2.05, 4.69) is 431 Å². The molecule has 532 valence electrons. The van der Waals surface area contributed by atoms with Crippen molar-refractivity contribution in [2.24, 2.45) is 5.92 Å². The quantitative estimate of drug-likeness (QED) is 0.106. The number of nitrogens with zero attached hydrogens (tertiary/aromatic N) is 2. The molecule has 20 aromatic rings. The average molecular weight is 1440 g/mol. The number of fused-ring (bicyclic) bond motifs is 9. The highest BCUT2D eigenvalue weighted by Crippen LogP contribution is 2.49. The number of hydrogen-bond acceptors (Lipinski definition) is 2. The Balaban J connectivity index is 0.712. The number of rotatable bonds is 13. The van der Waals surface area contributed by atoms with Crippen molar-refractivity contribution in [3.8, 4) is 66.8 Å². The summed E-state index contributed by atoms with van der Waals surface area (Å²) in [6.07, 6.45) is 3.41. The fourth-order valence-electron chi connectivity index (χ4n) is 18.8. The molecular formula is C111H78N2. The van der Waals surface area contributed by atoms with E-state index in [9.17, 15) is 0 Å². The van der Waals surface area contributed by atoms with Gasteiger partial charge in [-0.15, -0.1) is 0 Å². The Hall–Kier alpha value is -14.2. The van der Waals surface area contributed by atoms with Gasteiger partial charge in [-0.1, -0.05) is 310 Å².